The van der Waals surface area contributed by atoms with Crippen LogP contribution in [0.3, 0.4) is 0 Å². The van der Waals surface area contributed by atoms with Gasteiger partial charge in [0.05, 0.1) is 11.0 Å². The summed E-state index contributed by atoms with van der Waals surface area (Å²) in [4.78, 5) is 21.8. The topological polar surface area (TPSA) is 53.9 Å². The van der Waals surface area contributed by atoms with E-state index >= 15 is 0 Å². The fraction of sp³-hybridized carbons (Fsp3) is 0.294. The molecule has 1 saturated heterocycles. The first-order chi connectivity index (χ1) is 11.2. The highest BCUT2D eigenvalue weighted by Gasteiger charge is 2.24. The molecule has 0 amide bonds. The Labute approximate surface area is 138 Å². The number of piperidine rings is 1. The minimum atomic E-state index is -0.0227. The van der Waals surface area contributed by atoms with Crippen LogP contribution in [0.25, 0.3) is 11.0 Å². The maximum Gasteiger partial charge on any atom is 0.326 e. The molecule has 2 aromatic heterocycles. The Morgan fingerprint density at radius 2 is 1.96 bits per heavy atom. The van der Waals surface area contributed by atoms with Crippen LogP contribution in [-0.4, -0.2) is 27.6 Å². The van der Waals surface area contributed by atoms with Gasteiger partial charge in [-0.05, 0) is 37.1 Å². The molecular formula is C17H17ClN4O. The lowest BCUT2D eigenvalue weighted by Gasteiger charge is -2.33. The number of halogens is 1. The predicted molar refractivity (Wildman–Crippen MR) is 92.3 cm³/mol. The van der Waals surface area contributed by atoms with Gasteiger partial charge in [-0.1, -0.05) is 23.7 Å². The second-order valence-electron chi connectivity index (χ2n) is 5.87. The van der Waals surface area contributed by atoms with E-state index < -0.39 is 0 Å². The summed E-state index contributed by atoms with van der Waals surface area (Å²) in [5.41, 5.74) is 1.86. The summed E-state index contributed by atoms with van der Waals surface area (Å²) in [6.07, 6.45) is 3.56. The molecule has 0 radical (unpaired) electrons. The van der Waals surface area contributed by atoms with E-state index in [-0.39, 0.29) is 11.7 Å². The van der Waals surface area contributed by atoms with Gasteiger partial charge < -0.3 is 9.88 Å². The smallest absolute Gasteiger partial charge is 0.326 e. The van der Waals surface area contributed by atoms with Crippen LogP contribution >= 0.6 is 11.6 Å². The van der Waals surface area contributed by atoms with Gasteiger partial charge in [-0.2, -0.15) is 0 Å². The molecule has 4 rings (SSSR count). The zero-order valence-corrected chi connectivity index (χ0v) is 13.3. The molecule has 1 fully saturated rings. The molecule has 0 unspecified atom stereocenters. The SMILES string of the molecule is O=c1[nH]c2ccccc2n1C1CCN(c2cc(Cl)ccn2)CC1. The van der Waals surface area contributed by atoms with Gasteiger partial charge in [0.1, 0.15) is 5.82 Å². The molecule has 0 saturated carbocycles. The van der Waals surface area contributed by atoms with Crippen LogP contribution in [0.4, 0.5) is 5.82 Å². The van der Waals surface area contributed by atoms with E-state index in [2.05, 4.69) is 14.9 Å². The molecular weight excluding hydrogens is 312 g/mol. The molecule has 3 aromatic rings. The molecule has 3 heterocycles. The van der Waals surface area contributed by atoms with E-state index in [1.807, 2.05) is 34.9 Å². The third kappa shape index (κ3) is 2.61. The maximum absolute atomic E-state index is 12.3. The number of hydrogen-bond donors (Lipinski definition) is 1. The predicted octanol–water partition coefficient (Wildman–Crippen LogP) is 3.22. The van der Waals surface area contributed by atoms with Crippen molar-refractivity contribution in [3.63, 3.8) is 0 Å². The van der Waals surface area contributed by atoms with Crippen LogP contribution in [0.5, 0.6) is 0 Å². The number of imidazole rings is 1. The van der Waals surface area contributed by atoms with Crippen molar-refractivity contribution in [2.75, 3.05) is 18.0 Å². The van der Waals surface area contributed by atoms with Crippen molar-refractivity contribution in [3.05, 3.63) is 58.1 Å². The monoisotopic (exact) mass is 328 g/mol. The summed E-state index contributed by atoms with van der Waals surface area (Å²) in [7, 11) is 0. The molecule has 23 heavy (non-hydrogen) atoms. The Balaban J connectivity index is 1.57. The van der Waals surface area contributed by atoms with Gasteiger partial charge in [-0.15, -0.1) is 0 Å². The number of nitrogens with zero attached hydrogens (tertiary/aromatic N) is 3. The molecule has 0 spiro atoms. The lowest BCUT2D eigenvalue weighted by molar-refractivity contribution is 0.395. The number of hydrogen-bond acceptors (Lipinski definition) is 3. The fourth-order valence-electron chi connectivity index (χ4n) is 3.36. The minimum Gasteiger partial charge on any atom is -0.356 e. The number of aromatic nitrogens is 3. The molecule has 5 nitrogen and oxygen atoms in total. The molecule has 0 bridgehead atoms. The van der Waals surface area contributed by atoms with Crippen LogP contribution in [0, 0.1) is 0 Å². The molecule has 118 valence electrons. The quantitative estimate of drug-likeness (QED) is 0.786. The highest BCUT2D eigenvalue weighted by molar-refractivity contribution is 6.30. The molecule has 0 aliphatic carbocycles. The van der Waals surface area contributed by atoms with Gasteiger partial charge in [-0.25, -0.2) is 9.78 Å². The average Bonchev–Trinajstić information content (AvgIpc) is 2.91. The van der Waals surface area contributed by atoms with Crippen molar-refractivity contribution in [3.8, 4) is 0 Å². The van der Waals surface area contributed by atoms with Crippen LogP contribution in [0.1, 0.15) is 18.9 Å². The number of para-hydroxylation sites is 2. The highest BCUT2D eigenvalue weighted by Crippen LogP contribution is 2.27. The van der Waals surface area contributed by atoms with Gasteiger partial charge in [0, 0.05) is 30.4 Å². The number of nitrogens with one attached hydrogen (secondary N) is 1. The second kappa shape index (κ2) is 5.74. The Kier molecular flexibility index (Phi) is 3.58. The summed E-state index contributed by atoms with van der Waals surface area (Å²) in [6, 6.07) is 11.7. The number of H-pyrrole nitrogens is 1. The zero-order valence-electron chi connectivity index (χ0n) is 12.6. The van der Waals surface area contributed by atoms with Crippen LogP contribution in [0.2, 0.25) is 5.02 Å². The van der Waals surface area contributed by atoms with Crippen molar-refractivity contribution in [2.45, 2.75) is 18.9 Å². The summed E-state index contributed by atoms with van der Waals surface area (Å²) in [5.74, 6) is 0.905. The zero-order chi connectivity index (χ0) is 15.8. The van der Waals surface area contributed by atoms with Crippen molar-refractivity contribution >= 4 is 28.5 Å². The highest BCUT2D eigenvalue weighted by atomic mass is 35.5. The van der Waals surface area contributed by atoms with Gasteiger partial charge in [0.25, 0.3) is 0 Å². The summed E-state index contributed by atoms with van der Waals surface area (Å²) >= 11 is 6.04. The van der Waals surface area contributed by atoms with Crippen LogP contribution in [-0.2, 0) is 0 Å². The lowest BCUT2D eigenvalue weighted by Crippen LogP contribution is -2.37. The third-order valence-corrected chi connectivity index (χ3v) is 4.72. The lowest BCUT2D eigenvalue weighted by atomic mass is 10.0. The maximum atomic E-state index is 12.3. The third-order valence-electron chi connectivity index (χ3n) is 4.49. The van der Waals surface area contributed by atoms with E-state index in [1.54, 1.807) is 12.3 Å². The van der Waals surface area contributed by atoms with Crippen LogP contribution in [0.15, 0.2) is 47.4 Å². The average molecular weight is 329 g/mol. The first kappa shape index (κ1) is 14.3. The normalized spacial score (nSPS) is 16.1. The Morgan fingerprint density at radius 1 is 1.17 bits per heavy atom. The number of rotatable bonds is 2. The van der Waals surface area contributed by atoms with E-state index in [0.717, 1.165) is 42.8 Å². The van der Waals surface area contributed by atoms with Crippen LogP contribution < -0.4 is 10.6 Å². The molecule has 1 N–H and O–H groups in total. The van der Waals surface area contributed by atoms with Gasteiger partial charge in [0.15, 0.2) is 0 Å². The number of anilines is 1. The number of fused-ring (bicyclic) bond motifs is 1. The van der Waals surface area contributed by atoms with Gasteiger partial charge >= 0.3 is 5.69 Å². The van der Waals surface area contributed by atoms with E-state index in [9.17, 15) is 4.79 Å². The Morgan fingerprint density at radius 3 is 2.74 bits per heavy atom. The van der Waals surface area contributed by atoms with Gasteiger partial charge in [-0.3, -0.25) is 4.57 Å². The molecule has 1 aromatic carbocycles. The van der Waals surface area contributed by atoms with Crippen molar-refractivity contribution in [1.82, 2.24) is 14.5 Å². The molecule has 0 atom stereocenters. The fourth-order valence-corrected chi connectivity index (χ4v) is 3.51. The first-order valence-electron chi connectivity index (χ1n) is 7.78. The molecule has 6 heteroatoms. The Hall–Kier alpha value is -2.27. The van der Waals surface area contributed by atoms with E-state index in [1.165, 1.54) is 0 Å². The molecule has 1 aliphatic heterocycles. The van der Waals surface area contributed by atoms with Gasteiger partial charge in [0.2, 0.25) is 0 Å². The Bertz CT molecular complexity index is 893. The number of pyridine rings is 1. The number of benzene rings is 1. The summed E-state index contributed by atoms with van der Waals surface area (Å²) in [6.45, 7) is 1.73. The molecule has 1 aliphatic rings. The van der Waals surface area contributed by atoms with Crippen molar-refractivity contribution < 1.29 is 0 Å². The first-order valence-corrected chi connectivity index (χ1v) is 8.16. The van der Waals surface area contributed by atoms with E-state index in [4.69, 9.17) is 11.6 Å². The van der Waals surface area contributed by atoms with Crippen molar-refractivity contribution in [1.29, 1.82) is 0 Å². The standard InChI is InChI=1S/C17H17ClN4O/c18-12-5-8-19-16(11-12)21-9-6-13(7-10-21)22-15-4-2-1-3-14(15)20-17(22)23/h1-5,8,11,13H,6-7,9-10H2,(H,20,23). The summed E-state index contributed by atoms with van der Waals surface area (Å²) < 4.78 is 1.90. The van der Waals surface area contributed by atoms with Crippen molar-refractivity contribution in [2.24, 2.45) is 0 Å². The minimum absolute atomic E-state index is 0.0227. The largest absolute Gasteiger partial charge is 0.356 e. The summed E-state index contributed by atoms with van der Waals surface area (Å²) in [5, 5.41) is 0.699. The second-order valence-corrected chi connectivity index (χ2v) is 6.30. The van der Waals surface area contributed by atoms with E-state index in [0.29, 0.717) is 5.02 Å². The number of aromatic amines is 1.